The molecule has 28 heavy (non-hydrogen) atoms. The van der Waals surface area contributed by atoms with E-state index in [1.165, 1.54) is 36.6 Å². The van der Waals surface area contributed by atoms with E-state index in [4.69, 9.17) is 4.74 Å². The summed E-state index contributed by atoms with van der Waals surface area (Å²) in [4.78, 5) is 24.7. The lowest BCUT2D eigenvalue weighted by Gasteiger charge is -2.04. The van der Waals surface area contributed by atoms with Crippen molar-refractivity contribution in [3.8, 4) is 5.75 Å². The van der Waals surface area contributed by atoms with Gasteiger partial charge in [0.05, 0.1) is 18.2 Å². The van der Waals surface area contributed by atoms with E-state index < -0.39 is 22.0 Å². The van der Waals surface area contributed by atoms with Crippen LogP contribution in [0.3, 0.4) is 0 Å². The first-order chi connectivity index (χ1) is 13.4. The number of urea groups is 1. The number of nitrogens with one attached hydrogen (secondary N) is 3. The number of hydrazone groups is 1. The van der Waals surface area contributed by atoms with Crippen LogP contribution in [-0.4, -0.2) is 33.7 Å². The monoisotopic (exact) mass is 400 g/mol. The molecule has 0 bridgehead atoms. The lowest BCUT2D eigenvalue weighted by atomic mass is 10.2. The average molecular weight is 400 g/mol. The van der Waals surface area contributed by atoms with Crippen LogP contribution in [0.4, 0.5) is 4.79 Å². The van der Waals surface area contributed by atoms with Crippen LogP contribution in [0.25, 0.3) is 6.08 Å². The van der Waals surface area contributed by atoms with Crippen molar-refractivity contribution in [2.75, 3.05) is 7.11 Å². The van der Waals surface area contributed by atoms with Crippen molar-refractivity contribution in [2.45, 2.75) is 4.90 Å². The highest BCUT2D eigenvalue weighted by atomic mass is 32.2. The van der Waals surface area contributed by atoms with Gasteiger partial charge in [0.2, 0.25) is 0 Å². The third-order valence-electron chi connectivity index (χ3n) is 3.72. The third kappa shape index (κ3) is 4.54. The molecular formula is C18H16N4O5S. The molecule has 3 amide bonds. The molecule has 1 aliphatic heterocycles. The van der Waals surface area contributed by atoms with E-state index in [-0.39, 0.29) is 10.6 Å². The standard InChI is InChI=1S/C18H16N4O5S/c1-27-14-6-2-13(3-7-14)11-19-22-28(25,26)15-8-4-12(5-9-15)10-16-17(23)21-18(24)20-16/h2-11,22H,1H3,(H2,20,21,23,24)/b16-10-,19-11?. The number of methoxy groups -OCH3 is 1. The van der Waals surface area contributed by atoms with Crippen LogP contribution in [0.5, 0.6) is 5.75 Å². The van der Waals surface area contributed by atoms with Gasteiger partial charge in [0, 0.05) is 0 Å². The fourth-order valence-corrected chi connectivity index (χ4v) is 3.10. The molecule has 1 fully saturated rings. The topological polar surface area (TPSA) is 126 Å². The molecule has 0 radical (unpaired) electrons. The highest BCUT2D eigenvalue weighted by molar-refractivity contribution is 7.89. The Morgan fingerprint density at radius 3 is 2.18 bits per heavy atom. The molecule has 1 heterocycles. The molecule has 2 aromatic carbocycles. The summed E-state index contributed by atoms with van der Waals surface area (Å²) in [5, 5.41) is 8.18. The molecule has 9 nitrogen and oxygen atoms in total. The molecule has 0 spiro atoms. The molecule has 1 saturated heterocycles. The molecule has 3 rings (SSSR count). The first-order valence-electron chi connectivity index (χ1n) is 8.00. The molecule has 10 heteroatoms. The molecule has 3 N–H and O–H groups in total. The van der Waals surface area contributed by atoms with Crippen molar-refractivity contribution in [1.82, 2.24) is 15.5 Å². The predicted molar refractivity (Wildman–Crippen MR) is 102 cm³/mol. The number of ether oxygens (including phenoxy) is 1. The largest absolute Gasteiger partial charge is 0.497 e. The maximum absolute atomic E-state index is 12.3. The van der Waals surface area contributed by atoms with Crippen LogP contribution in [0.1, 0.15) is 11.1 Å². The van der Waals surface area contributed by atoms with E-state index in [1.54, 1.807) is 31.4 Å². The Labute approximate surface area is 161 Å². The summed E-state index contributed by atoms with van der Waals surface area (Å²) >= 11 is 0. The number of imide groups is 1. The summed E-state index contributed by atoms with van der Waals surface area (Å²) in [6.07, 6.45) is 2.81. The highest BCUT2D eigenvalue weighted by Gasteiger charge is 2.22. The molecule has 0 saturated carbocycles. The van der Waals surface area contributed by atoms with E-state index in [0.717, 1.165) is 0 Å². The predicted octanol–water partition coefficient (Wildman–Crippen LogP) is 1.19. The Hall–Kier alpha value is -3.66. The van der Waals surface area contributed by atoms with Crippen LogP contribution in [0.15, 0.2) is 64.2 Å². The van der Waals surface area contributed by atoms with Crippen molar-refractivity contribution < 1.29 is 22.7 Å². The van der Waals surface area contributed by atoms with Gasteiger partial charge in [0.25, 0.3) is 15.9 Å². The molecular weight excluding hydrogens is 384 g/mol. The van der Waals surface area contributed by atoms with Gasteiger partial charge < -0.3 is 10.1 Å². The van der Waals surface area contributed by atoms with E-state index in [1.807, 2.05) is 0 Å². The zero-order valence-corrected chi connectivity index (χ0v) is 15.5. The Morgan fingerprint density at radius 2 is 1.61 bits per heavy atom. The van der Waals surface area contributed by atoms with Gasteiger partial charge in [0.15, 0.2) is 0 Å². The third-order valence-corrected chi connectivity index (χ3v) is 4.96. The van der Waals surface area contributed by atoms with Gasteiger partial charge in [-0.05, 0) is 53.6 Å². The number of hydrogen-bond acceptors (Lipinski definition) is 6. The summed E-state index contributed by atoms with van der Waals surface area (Å²) in [5.74, 6) is 0.138. The second kappa shape index (κ2) is 7.92. The second-order valence-corrected chi connectivity index (χ2v) is 7.32. The van der Waals surface area contributed by atoms with Crippen molar-refractivity contribution in [2.24, 2.45) is 5.10 Å². The summed E-state index contributed by atoms with van der Waals surface area (Å²) in [5.41, 5.74) is 1.33. The number of carbonyl (C=O) groups is 2. The number of carbonyl (C=O) groups excluding carboxylic acids is 2. The number of benzene rings is 2. The van der Waals surface area contributed by atoms with Gasteiger partial charge in [0.1, 0.15) is 11.4 Å². The smallest absolute Gasteiger partial charge is 0.326 e. The number of nitrogens with zero attached hydrogens (tertiary/aromatic N) is 1. The fourth-order valence-electron chi connectivity index (χ4n) is 2.31. The minimum Gasteiger partial charge on any atom is -0.497 e. The average Bonchev–Trinajstić information content (AvgIpc) is 2.99. The van der Waals surface area contributed by atoms with Gasteiger partial charge in [-0.1, -0.05) is 12.1 Å². The SMILES string of the molecule is COc1ccc(C=NNS(=O)(=O)c2ccc(/C=C3\NC(=O)NC3=O)cc2)cc1. The summed E-state index contributed by atoms with van der Waals surface area (Å²) < 4.78 is 29.6. The Kier molecular flexibility index (Phi) is 5.41. The second-order valence-electron chi connectivity index (χ2n) is 5.66. The minimum atomic E-state index is -3.85. The summed E-state index contributed by atoms with van der Waals surface area (Å²) in [6, 6.07) is 12.1. The number of amides is 3. The van der Waals surface area contributed by atoms with Gasteiger partial charge in [-0.2, -0.15) is 13.5 Å². The Bertz CT molecular complexity index is 1060. The molecule has 144 valence electrons. The molecule has 0 atom stereocenters. The van der Waals surface area contributed by atoms with Gasteiger partial charge >= 0.3 is 6.03 Å². The van der Waals surface area contributed by atoms with Crippen molar-refractivity contribution in [1.29, 1.82) is 0 Å². The van der Waals surface area contributed by atoms with E-state index in [2.05, 4.69) is 20.6 Å². The first kappa shape index (κ1) is 19.1. The van der Waals surface area contributed by atoms with Crippen LogP contribution in [0, 0.1) is 0 Å². The Morgan fingerprint density at radius 1 is 0.964 bits per heavy atom. The van der Waals surface area contributed by atoms with E-state index in [9.17, 15) is 18.0 Å². The molecule has 0 aliphatic carbocycles. The highest BCUT2D eigenvalue weighted by Crippen LogP contribution is 2.14. The van der Waals surface area contributed by atoms with Gasteiger partial charge in [-0.15, -0.1) is 0 Å². The molecule has 0 unspecified atom stereocenters. The summed E-state index contributed by atoms with van der Waals surface area (Å²) in [6.45, 7) is 0. The fraction of sp³-hybridized carbons (Fsp3) is 0.0556. The van der Waals surface area contributed by atoms with Gasteiger partial charge in [-0.3, -0.25) is 10.1 Å². The number of hydrogen-bond donors (Lipinski definition) is 3. The van der Waals surface area contributed by atoms with E-state index in [0.29, 0.717) is 16.9 Å². The van der Waals surface area contributed by atoms with Crippen LogP contribution in [-0.2, 0) is 14.8 Å². The van der Waals surface area contributed by atoms with Crippen LogP contribution >= 0.6 is 0 Å². The van der Waals surface area contributed by atoms with E-state index >= 15 is 0 Å². The first-order valence-corrected chi connectivity index (χ1v) is 9.49. The zero-order valence-electron chi connectivity index (χ0n) is 14.7. The quantitative estimate of drug-likeness (QED) is 0.291. The van der Waals surface area contributed by atoms with Crippen molar-refractivity contribution in [3.05, 3.63) is 65.4 Å². The lowest BCUT2D eigenvalue weighted by molar-refractivity contribution is -0.115. The molecule has 0 aromatic heterocycles. The Balaban J connectivity index is 1.68. The minimum absolute atomic E-state index is 0.00133. The summed E-state index contributed by atoms with van der Waals surface area (Å²) in [7, 11) is -2.30. The maximum atomic E-state index is 12.3. The van der Waals surface area contributed by atoms with Crippen LogP contribution in [0.2, 0.25) is 0 Å². The lowest BCUT2D eigenvalue weighted by Crippen LogP contribution is -2.22. The number of sulfonamides is 1. The number of rotatable bonds is 6. The van der Waals surface area contributed by atoms with Crippen LogP contribution < -0.4 is 20.2 Å². The molecule has 1 aliphatic rings. The maximum Gasteiger partial charge on any atom is 0.326 e. The molecule has 2 aromatic rings. The van der Waals surface area contributed by atoms with Crippen molar-refractivity contribution in [3.63, 3.8) is 0 Å². The van der Waals surface area contributed by atoms with Gasteiger partial charge in [-0.25, -0.2) is 9.63 Å². The van der Waals surface area contributed by atoms with Crippen molar-refractivity contribution >= 4 is 34.3 Å². The zero-order chi connectivity index (χ0) is 20.1. The normalized spacial score (nSPS) is 15.5.